The van der Waals surface area contributed by atoms with E-state index < -0.39 is 27.7 Å². The highest BCUT2D eigenvalue weighted by molar-refractivity contribution is 7.92. The molecule has 0 atom stereocenters. The first kappa shape index (κ1) is 15.4. The molecule has 0 spiro atoms. The molecule has 1 aromatic heterocycles. The second kappa shape index (κ2) is 5.17. The number of hydrogen-bond acceptors (Lipinski definition) is 6. The van der Waals surface area contributed by atoms with Crippen molar-refractivity contribution >= 4 is 33.4 Å². The van der Waals surface area contributed by atoms with E-state index in [9.17, 15) is 13.2 Å². The van der Waals surface area contributed by atoms with Crippen LogP contribution in [0, 0.1) is 5.41 Å². The number of guanidine groups is 1. The normalized spacial score (nSPS) is 11.9. The largest absolute Gasteiger partial charge is 0.443 e. The van der Waals surface area contributed by atoms with Crippen LogP contribution >= 0.6 is 11.3 Å². The van der Waals surface area contributed by atoms with Crippen LogP contribution in [0.25, 0.3) is 0 Å². The van der Waals surface area contributed by atoms with Gasteiger partial charge in [0.2, 0.25) is 5.96 Å². The highest BCUT2D eigenvalue weighted by Gasteiger charge is 2.36. The van der Waals surface area contributed by atoms with E-state index >= 15 is 0 Å². The van der Waals surface area contributed by atoms with Crippen molar-refractivity contribution in [3.63, 3.8) is 0 Å². The van der Waals surface area contributed by atoms with Crippen LogP contribution in [0.2, 0.25) is 0 Å². The molecule has 1 amide bonds. The summed E-state index contributed by atoms with van der Waals surface area (Å²) in [5.74, 6) is -0.914. The third-order valence-corrected chi connectivity index (χ3v) is 4.82. The monoisotopic (exact) mass is 305 g/mol. The predicted molar refractivity (Wildman–Crippen MR) is 71.5 cm³/mol. The fraction of sp³-hybridized carbons (Fsp3) is 0.400. The molecular formula is C10H15N3O4S2. The number of carbonyl (C=O) groups is 1. The Kier molecular flexibility index (Phi) is 4.21. The Balaban J connectivity index is 3.16. The molecule has 7 nitrogen and oxygen atoms in total. The van der Waals surface area contributed by atoms with Crippen LogP contribution in [0.4, 0.5) is 4.79 Å². The fourth-order valence-corrected chi connectivity index (χ4v) is 3.38. The number of thiophene rings is 1. The molecule has 0 fully saturated rings. The molecule has 0 aliphatic heterocycles. The van der Waals surface area contributed by atoms with Crippen LogP contribution in [-0.4, -0.2) is 30.4 Å². The number of amides is 1. The second-order valence-corrected chi connectivity index (χ2v) is 7.53. The van der Waals surface area contributed by atoms with Gasteiger partial charge in [-0.1, -0.05) is 6.07 Å². The number of nitrogens with one attached hydrogen (secondary N) is 1. The summed E-state index contributed by atoms with van der Waals surface area (Å²) in [5, 5.41) is 8.82. The molecule has 3 N–H and O–H groups in total. The summed E-state index contributed by atoms with van der Waals surface area (Å²) in [5.41, 5.74) is 4.29. The minimum Gasteiger partial charge on any atom is -0.443 e. The summed E-state index contributed by atoms with van der Waals surface area (Å²) in [6.07, 6.45) is -1.20. The van der Waals surface area contributed by atoms with E-state index in [1.54, 1.807) is 26.2 Å². The molecule has 1 heterocycles. The van der Waals surface area contributed by atoms with E-state index in [1.807, 2.05) is 0 Å². The lowest BCUT2D eigenvalue weighted by Gasteiger charge is -2.25. The highest BCUT2D eigenvalue weighted by atomic mass is 32.2. The Hall–Kier alpha value is -1.61. The van der Waals surface area contributed by atoms with Gasteiger partial charge in [-0.15, -0.1) is 15.6 Å². The summed E-state index contributed by atoms with van der Waals surface area (Å²) in [7, 11) is -4.20. The molecule has 19 heavy (non-hydrogen) atoms. The van der Waals surface area contributed by atoms with Crippen molar-refractivity contribution in [3.05, 3.63) is 17.5 Å². The van der Waals surface area contributed by atoms with Crippen molar-refractivity contribution < 1.29 is 17.9 Å². The van der Waals surface area contributed by atoms with Crippen LogP contribution in [0.1, 0.15) is 20.8 Å². The highest BCUT2D eigenvalue weighted by Crippen LogP contribution is 2.22. The van der Waals surface area contributed by atoms with Crippen LogP contribution in [0.3, 0.4) is 0 Å². The summed E-state index contributed by atoms with van der Waals surface area (Å²) in [4.78, 5) is 11.9. The molecule has 0 bridgehead atoms. The number of carbonyl (C=O) groups excluding carboxylic acids is 1. The number of nitrogens with zero attached hydrogens (tertiary/aromatic N) is 1. The van der Waals surface area contributed by atoms with Gasteiger partial charge in [0.1, 0.15) is 9.81 Å². The van der Waals surface area contributed by atoms with Gasteiger partial charge in [0.05, 0.1) is 0 Å². The first-order chi connectivity index (χ1) is 8.55. The molecule has 9 heteroatoms. The van der Waals surface area contributed by atoms with Crippen molar-refractivity contribution in [2.75, 3.05) is 0 Å². The van der Waals surface area contributed by atoms with Gasteiger partial charge in [-0.3, -0.25) is 5.41 Å². The quantitative estimate of drug-likeness (QED) is 0.636. The smallest absolute Gasteiger partial charge is 0.431 e. The maximum absolute atomic E-state index is 12.2. The number of nitrogens with two attached hydrogens (primary N) is 1. The summed E-state index contributed by atoms with van der Waals surface area (Å²) >= 11 is 0.921. The lowest BCUT2D eigenvalue weighted by Crippen LogP contribution is -2.47. The van der Waals surface area contributed by atoms with Gasteiger partial charge in [-0.25, -0.2) is 4.79 Å². The van der Waals surface area contributed by atoms with Gasteiger partial charge in [0.15, 0.2) is 0 Å². The predicted octanol–water partition coefficient (Wildman–Crippen LogP) is 1.57. The number of rotatable bonds is 2. The van der Waals surface area contributed by atoms with E-state index in [-0.39, 0.29) is 8.51 Å². The van der Waals surface area contributed by atoms with Crippen molar-refractivity contribution in [1.82, 2.24) is 4.31 Å². The fourth-order valence-electron chi connectivity index (χ4n) is 1.13. The van der Waals surface area contributed by atoms with Gasteiger partial charge in [-0.2, -0.15) is 8.42 Å². The first-order valence-corrected chi connectivity index (χ1v) is 7.53. The number of sulfonamides is 1. The van der Waals surface area contributed by atoms with Gasteiger partial charge >= 0.3 is 6.09 Å². The maximum Gasteiger partial charge on any atom is 0.431 e. The number of ether oxygens (including phenoxy) is 1. The average molecular weight is 305 g/mol. The van der Waals surface area contributed by atoms with Crippen molar-refractivity contribution in [2.24, 2.45) is 5.73 Å². The Morgan fingerprint density at radius 3 is 2.42 bits per heavy atom. The van der Waals surface area contributed by atoms with Crippen LogP contribution in [0.15, 0.2) is 21.7 Å². The molecule has 0 aromatic carbocycles. The van der Waals surface area contributed by atoms with Crippen molar-refractivity contribution in [3.8, 4) is 0 Å². The minimum atomic E-state index is -4.20. The zero-order valence-electron chi connectivity index (χ0n) is 10.7. The Morgan fingerprint density at radius 2 is 2.05 bits per heavy atom. The summed E-state index contributed by atoms with van der Waals surface area (Å²) in [6, 6.07) is 2.84. The molecular weight excluding hydrogens is 290 g/mol. The first-order valence-electron chi connectivity index (χ1n) is 5.21. The molecule has 0 aliphatic rings. The van der Waals surface area contributed by atoms with Gasteiger partial charge in [0, 0.05) is 0 Å². The van der Waals surface area contributed by atoms with E-state index in [0.29, 0.717) is 0 Å². The van der Waals surface area contributed by atoms with Gasteiger partial charge in [0.25, 0.3) is 10.0 Å². The minimum absolute atomic E-state index is 0.0893. The Bertz CT molecular complexity index is 572. The zero-order chi connectivity index (χ0) is 14.8. The van der Waals surface area contributed by atoms with E-state index in [0.717, 1.165) is 11.3 Å². The third kappa shape index (κ3) is 3.67. The molecule has 0 saturated carbocycles. The van der Waals surface area contributed by atoms with Crippen LogP contribution in [-0.2, 0) is 14.8 Å². The SMILES string of the molecule is CC(C)(C)OC(=O)N(C(=N)N)S(=O)(=O)c1cccs1. The molecule has 106 valence electrons. The zero-order valence-corrected chi connectivity index (χ0v) is 12.3. The second-order valence-electron chi connectivity index (χ2n) is 4.57. The van der Waals surface area contributed by atoms with E-state index in [4.69, 9.17) is 15.9 Å². The lowest BCUT2D eigenvalue weighted by molar-refractivity contribution is 0.0463. The third-order valence-electron chi connectivity index (χ3n) is 1.77. The molecule has 0 radical (unpaired) electrons. The van der Waals surface area contributed by atoms with Crippen molar-refractivity contribution in [1.29, 1.82) is 5.41 Å². The van der Waals surface area contributed by atoms with E-state index in [2.05, 4.69) is 0 Å². The van der Waals surface area contributed by atoms with Crippen molar-refractivity contribution in [2.45, 2.75) is 30.6 Å². The number of hydrogen-bond donors (Lipinski definition) is 2. The molecule has 0 unspecified atom stereocenters. The average Bonchev–Trinajstić information content (AvgIpc) is 2.64. The van der Waals surface area contributed by atoms with Gasteiger partial charge < -0.3 is 10.5 Å². The molecule has 0 aliphatic carbocycles. The van der Waals surface area contributed by atoms with E-state index in [1.165, 1.54) is 12.1 Å². The standard InChI is InChI=1S/C10H15N3O4S2/c1-10(2,3)17-9(14)13(8(11)12)19(15,16)7-5-4-6-18-7/h4-6H,1-3H3,(H3,11,12). The summed E-state index contributed by atoms with van der Waals surface area (Å²) in [6.45, 7) is 4.75. The van der Waals surface area contributed by atoms with Crippen LogP contribution in [0.5, 0.6) is 0 Å². The lowest BCUT2D eigenvalue weighted by atomic mass is 10.2. The topological polar surface area (TPSA) is 114 Å². The van der Waals surface area contributed by atoms with Crippen LogP contribution < -0.4 is 5.73 Å². The molecule has 0 saturated heterocycles. The molecule has 1 aromatic rings. The Morgan fingerprint density at radius 1 is 1.47 bits per heavy atom. The maximum atomic E-state index is 12.2. The summed E-state index contributed by atoms with van der Waals surface area (Å²) < 4.78 is 29.3. The van der Waals surface area contributed by atoms with Gasteiger partial charge in [-0.05, 0) is 32.2 Å². The Labute approximate surface area is 115 Å². The molecule has 1 rings (SSSR count).